The Morgan fingerprint density at radius 2 is 1.96 bits per heavy atom. The maximum absolute atomic E-state index is 13.0. The molecule has 2 aliphatic rings. The number of pyridine rings is 1. The van der Waals surface area contributed by atoms with Crippen LogP contribution in [-0.2, 0) is 4.79 Å². The van der Waals surface area contributed by atoms with Crippen molar-refractivity contribution in [1.82, 2.24) is 9.88 Å². The van der Waals surface area contributed by atoms with E-state index in [1.165, 1.54) is 11.6 Å². The summed E-state index contributed by atoms with van der Waals surface area (Å²) in [4.78, 5) is 41.2. The molecule has 2 heterocycles. The van der Waals surface area contributed by atoms with E-state index in [0.717, 1.165) is 12.8 Å². The predicted molar refractivity (Wildman–Crippen MR) is 104 cm³/mol. The second kappa shape index (κ2) is 6.93. The van der Waals surface area contributed by atoms with Crippen molar-refractivity contribution >= 4 is 11.9 Å². The standard InChI is InChI=1S/C22H24N2O4/c1-14-9-17(11-19(25)23-14)20(26)24-12-18-10-16(15-5-3-2-4-6-15)7-8-22(18,13-24)21(27)28/h2-6,9,11,16,18H,7-8,10,12-13H2,1H3,(H,23,25)(H,27,28)/t16-,18-,22-/m0/s1. The molecule has 1 saturated carbocycles. The van der Waals surface area contributed by atoms with Gasteiger partial charge in [-0.2, -0.15) is 0 Å². The van der Waals surface area contributed by atoms with Crippen LogP contribution in [0.15, 0.2) is 47.3 Å². The Balaban J connectivity index is 1.60. The number of nitrogens with one attached hydrogen (secondary N) is 1. The number of benzene rings is 1. The third-order valence-electron chi connectivity index (χ3n) is 6.41. The number of aromatic amines is 1. The van der Waals surface area contributed by atoms with Gasteiger partial charge in [-0.15, -0.1) is 0 Å². The van der Waals surface area contributed by atoms with E-state index in [2.05, 4.69) is 17.1 Å². The zero-order chi connectivity index (χ0) is 19.9. The van der Waals surface area contributed by atoms with Gasteiger partial charge in [-0.05, 0) is 49.7 Å². The molecule has 1 aromatic heterocycles. The minimum atomic E-state index is -0.892. The number of amides is 1. The van der Waals surface area contributed by atoms with Crippen LogP contribution in [0.4, 0.5) is 0 Å². The molecule has 6 heteroatoms. The van der Waals surface area contributed by atoms with Crippen molar-refractivity contribution in [3.05, 3.63) is 69.6 Å². The van der Waals surface area contributed by atoms with Crippen molar-refractivity contribution in [2.75, 3.05) is 13.1 Å². The van der Waals surface area contributed by atoms with Crippen molar-refractivity contribution in [1.29, 1.82) is 0 Å². The number of carbonyl (C=O) groups is 2. The lowest BCUT2D eigenvalue weighted by Crippen LogP contribution is -2.43. The number of nitrogens with zero attached hydrogens (tertiary/aromatic N) is 1. The van der Waals surface area contributed by atoms with Crippen LogP contribution in [0.5, 0.6) is 0 Å². The number of fused-ring (bicyclic) bond motifs is 1. The fraction of sp³-hybridized carbons (Fsp3) is 0.409. The SMILES string of the molecule is Cc1cc(C(=O)N2C[C@@H]3C[C@@H](c4ccccc4)CC[C@]3(C(=O)O)C2)cc(=O)[nH]1. The van der Waals surface area contributed by atoms with Crippen molar-refractivity contribution in [2.45, 2.75) is 32.1 Å². The van der Waals surface area contributed by atoms with E-state index in [4.69, 9.17) is 0 Å². The molecule has 1 aromatic carbocycles. The van der Waals surface area contributed by atoms with E-state index in [9.17, 15) is 19.5 Å². The fourth-order valence-electron chi connectivity index (χ4n) is 4.97. The van der Waals surface area contributed by atoms with Gasteiger partial charge in [0.2, 0.25) is 5.56 Å². The minimum Gasteiger partial charge on any atom is -0.481 e. The van der Waals surface area contributed by atoms with E-state index >= 15 is 0 Å². The first-order chi connectivity index (χ1) is 13.4. The van der Waals surface area contributed by atoms with Crippen LogP contribution in [0.3, 0.4) is 0 Å². The summed E-state index contributed by atoms with van der Waals surface area (Å²) < 4.78 is 0. The van der Waals surface area contributed by atoms with E-state index < -0.39 is 11.4 Å². The summed E-state index contributed by atoms with van der Waals surface area (Å²) in [6.07, 6.45) is 2.12. The van der Waals surface area contributed by atoms with Crippen molar-refractivity contribution in [3.8, 4) is 0 Å². The maximum Gasteiger partial charge on any atom is 0.311 e. The molecule has 3 atom stereocenters. The van der Waals surface area contributed by atoms with Gasteiger partial charge in [0.15, 0.2) is 0 Å². The summed E-state index contributed by atoms with van der Waals surface area (Å²) in [6, 6.07) is 13.1. The topological polar surface area (TPSA) is 90.5 Å². The highest BCUT2D eigenvalue weighted by Crippen LogP contribution is 2.51. The first kappa shape index (κ1) is 18.5. The summed E-state index contributed by atoms with van der Waals surface area (Å²) in [7, 11) is 0. The van der Waals surface area contributed by atoms with Crippen molar-refractivity contribution in [2.24, 2.45) is 11.3 Å². The zero-order valence-corrected chi connectivity index (χ0v) is 15.9. The second-order valence-corrected chi connectivity index (χ2v) is 8.14. The number of aryl methyl sites for hydroxylation is 1. The molecular formula is C22H24N2O4. The summed E-state index contributed by atoms with van der Waals surface area (Å²) >= 11 is 0. The van der Waals surface area contributed by atoms with Crippen LogP contribution in [0.2, 0.25) is 0 Å². The normalized spacial score (nSPS) is 26.7. The molecule has 0 bridgehead atoms. The zero-order valence-electron chi connectivity index (χ0n) is 15.9. The number of hydrogen-bond donors (Lipinski definition) is 2. The van der Waals surface area contributed by atoms with Crippen LogP contribution in [-0.4, -0.2) is 40.0 Å². The third kappa shape index (κ3) is 3.13. The molecule has 2 fully saturated rings. The number of hydrogen-bond acceptors (Lipinski definition) is 3. The highest BCUT2D eigenvalue weighted by atomic mass is 16.4. The van der Waals surface area contributed by atoms with Gasteiger partial charge in [0.05, 0.1) is 5.41 Å². The molecule has 1 saturated heterocycles. The van der Waals surface area contributed by atoms with Crippen LogP contribution in [0, 0.1) is 18.3 Å². The van der Waals surface area contributed by atoms with E-state index in [-0.39, 0.29) is 23.9 Å². The highest BCUT2D eigenvalue weighted by Gasteiger charge is 2.55. The summed E-state index contributed by atoms with van der Waals surface area (Å²) in [5.41, 5.74) is 0.954. The third-order valence-corrected chi connectivity index (χ3v) is 6.41. The predicted octanol–water partition coefficient (Wildman–Crippen LogP) is 2.79. The lowest BCUT2D eigenvalue weighted by Gasteiger charge is -2.38. The van der Waals surface area contributed by atoms with E-state index in [1.807, 2.05) is 18.2 Å². The molecule has 0 unspecified atom stereocenters. The Morgan fingerprint density at radius 1 is 1.21 bits per heavy atom. The highest BCUT2D eigenvalue weighted by molar-refractivity contribution is 5.95. The number of carboxylic acid groups (broad SMARTS) is 1. The van der Waals surface area contributed by atoms with Gasteiger partial charge in [0.25, 0.3) is 5.91 Å². The lowest BCUT2D eigenvalue weighted by molar-refractivity contribution is -0.152. The number of carbonyl (C=O) groups excluding carboxylic acids is 1. The van der Waals surface area contributed by atoms with Gasteiger partial charge in [-0.1, -0.05) is 30.3 Å². The van der Waals surface area contributed by atoms with Crippen LogP contribution in [0.25, 0.3) is 0 Å². The summed E-state index contributed by atoms with van der Waals surface area (Å²) in [5, 5.41) is 10.0. The smallest absolute Gasteiger partial charge is 0.311 e. The molecule has 1 aliphatic heterocycles. The van der Waals surface area contributed by atoms with E-state index in [0.29, 0.717) is 30.1 Å². The molecule has 1 amide bonds. The largest absolute Gasteiger partial charge is 0.481 e. The molecule has 2 N–H and O–H groups in total. The van der Waals surface area contributed by atoms with Gasteiger partial charge >= 0.3 is 5.97 Å². The number of likely N-dealkylation sites (tertiary alicyclic amines) is 1. The monoisotopic (exact) mass is 380 g/mol. The number of carboxylic acids is 1. The Labute approximate surface area is 163 Å². The van der Waals surface area contributed by atoms with Crippen molar-refractivity contribution in [3.63, 3.8) is 0 Å². The summed E-state index contributed by atoms with van der Waals surface area (Å²) in [6.45, 7) is 2.35. The molecule has 1 aliphatic carbocycles. The molecule has 4 rings (SSSR count). The second-order valence-electron chi connectivity index (χ2n) is 8.14. The molecule has 0 spiro atoms. The number of rotatable bonds is 3. The van der Waals surface area contributed by atoms with Crippen LogP contribution >= 0.6 is 0 Å². The molecule has 28 heavy (non-hydrogen) atoms. The van der Waals surface area contributed by atoms with Gasteiger partial charge in [0, 0.05) is 30.4 Å². The quantitative estimate of drug-likeness (QED) is 0.857. The summed E-state index contributed by atoms with van der Waals surface area (Å²) in [5.74, 6) is -0.853. The molecule has 2 aromatic rings. The maximum atomic E-state index is 13.0. The first-order valence-corrected chi connectivity index (χ1v) is 9.67. The molecule has 0 radical (unpaired) electrons. The Hall–Kier alpha value is -2.89. The van der Waals surface area contributed by atoms with E-state index in [1.54, 1.807) is 17.9 Å². The van der Waals surface area contributed by atoms with Gasteiger partial charge < -0.3 is 15.0 Å². The lowest BCUT2D eigenvalue weighted by atomic mass is 9.64. The fourth-order valence-corrected chi connectivity index (χ4v) is 4.97. The van der Waals surface area contributed by atoms with Gasteiger partial charge in [-0.3, -0.25) is 14.4 Å². The number of aliphatic carboxylic acids is 1. The Kier molecular flexibility index (Phi) is 4.57. The number of aromatic nitrogens is 1. The van der Waals surface area contributed by atoms with Gasteiger partial charge in [-0.25, -0.2) is 0 Å². The van der Waals surface area contributed by atoms with Crippen LogP contribution < -0.4 is 5.56 Å². The Morgan fingerprint density at radius 3 is 2.64 bits per heavy atom. The Bertz CT molecular complexity index is 968. The van der Waals surface area contributed by atoms with Crippen LogP contribution in [0.1, 0.15) is 46.8 Å². The van der Waals surface area contributed by atoms with Gasteiger partial charge in [0.1, 0.15) is 0 Å². The molecule has 6 nitrogen and oxygen atoms in total. The average molecular weight is 380 g/mol. The molecular weight excluding hydrogens is 356 g/mol. The number of H-pyrrole nitrogens is 1. The van der Waals surface area contributed by atoms with Crippen molar-refractivity contribution < 1.29 is 14.7 Å². The first-order valence-electron chi connectivity index (χ1n) is 9.67. The minimum absolute atomic E-state index is 0.0870. The average Bonchev–Trinajstić information content (AvgIpc) is 3.07. The molecule has 146 valence electrons.